The minimum absolute atomic E-state index is 0.0221. The Labute approximate surface area is 159 Å². The summed E-state index contributed by atoms with van der Waals surface area (Å²) in [5, 5.41) is 0.787. The summed E-state index contributed by atoms with van der Waals surface area (Å²) in [5.74, 6) is 0.0221. The quantitative estimate of drug-likeness (QED) is 0.695. The van der Waals surface area contributed by atoms with Crippen molar-refractivity contribution in [3.8, 4) is 0 Å². The molecule has 0 bridgehead atoms. The van der Waals surface area contributed by atoms with E-state index in [0.29, 0.717) is 12.1 Å². The molecule has 1 N–H and O–H groups in total. The zero-order valence-electron chi connectivity index (χ0n) is 15.7. The highest BCUT2D eigenvalue weighted by molar-refractivity contribution is 7.22. The van der Waals surface area contributed by atoms with Crippen LogP contribution in [0.2, 0.25) is 0 Å². The lowest BCUT2D eigenvalue weighted by Gasteiger charge is -2.23. The molecule has 0 fully saturated rings. The minimum atomic E-state index is 0.0221. The monoisotopic (exact) mass is 368 g/mol. The van der Waals surface area contributed by atoms with Gasteiger partial charge < -0.3 is 4.90 Å². The molecule has 0 saturated carbocycles. The van der Waals surface area contributed by atoms with E-state index in [4.69, 9.17) is 4.98 Å². The second-order valence-corrected chi connectivity index (χ2v) is 7.46. The van der Waals surface area contributed by atoms with Crippen LogP contribution in [0.15, 0.2) is 48.5 Å². The van der Waals surface area contributed by atoms with Crippen molar-refractivity contribution in [1.29, 1.82) is 0 Å². The van der Waals surface area contributed by atoms with Gasteiger partial charge in [-0.2, -0.15) is 0 Å². The third-order valence-electron chi connectivity index (χ3n) is 4.80. The number of para-hydroxylation sites is 1. The molecule has 1 heterocycles. The van der Waals surface area contributed by atoms with E-state index in [-0.39, 0.29) is 5.91 Å². The molecule has 0 aliphatic rings. The van der Waals surface area contributed by atoms with Gasteiger partial charge in [-0.05, 0) is 44.5 Å². The maximum Gasteiger partial charge on any atom is 0.260 e. The molecule has 0 radical (unpaired) electrons. The highest BCUT2D eigenvalue weighted by Gasteiger charge is 2.22. The number of anilines is 1. The summed E-state index contributed by atoms with van der Waals surface area (Å²) in [6.07, 6.45) is 0. The van der Waals surface area contributed by atoms with Crippen LogP contribution in [0.4, 0.5) is 5.13 Å². The fourth-order valence-electron chi connectivity index (χ4n) is 3.08. The van der Waals surface area contributed by atoms with E-state index in [1.54, 1.807) is 11.3 Å². The summed E-state index contributed by atoms with van der Waals surface area (Å²) in [5.41, 5.74) is 2.85. The number of nitrogens with one attached hydrogen (secondary N) is 1. The molecule has 1 amide bonds. The number of hydrogen-bond acceptors (Lipinski definition) is 3. The number of carbonyl (C=O) groups is 1. The van der Waals surface area contributed by atoms with E-state index in [1.807, 2.05) is 41.3 Å². The van der Waals surface area contributed by atoms with Crippen molar-refractivity contribution in [2.75, 3.05) is 31.1 Å². The molecule has 136 valence electrons. The fraction of sp³-hybridized carbons (Fsp3) is 0.333. The zero-order chi connectivity index (χ0) is 18.5. The van der Waals surface area contributed by atoms with Crippen LogP contribution in [-0.2, 0) is 0 Å². The normalized spacial score (nSPS) is 11.2. The van der Waals surface area contributed by atoms with Crippen molar-refractivity contribution in [3.05, 3.63) is 59.7 Å². The van der Waals surface area contributed by atoms with Gasteiger partial charge in [-0.25, -0.2) is 4.98 Å². The molecule has 0 unspecified atom stereocenters. The Morgan fingerprint density at radius 1 is 1.08 bits per heavy atom. The first kappa shape index (κ1) is 18.5. The Hall–Kier alpha value is -2.24. The first-order chi connectivity index (χ1) is 12.6. The molecule has 0 aliphatic carbocycles. The van der Waals surface area contributed by atoms with E-state index >= 15 is 0 Å². The van der Waals surface area contributed by atoms with E-state index in [2.05, 4.69) is 32.9 Å². The van der Waals surface area contributed by atoms with Crippen molar-refractivity contribution in [1.82, 2.24) is 4.98 Å². The molecule has 4 nitrogen and oxygen atoms in total. The number of hydrogen-bond donors (Lipinski definition) is 1. The SMILES string of the molecule is CC[NH+](CC)CCN(C(=O)c1ccccc1)c1nc2c(C)cccc2s1. The molecule has 3 rings (SSSR count). The van der Waals surface area contributed by atoms with Crippen LogP contribution in [0.3, 0.4) is 0 Å². The van der Waals surface area contributed by atoms with Crippen LogP contribution in [0, 0.1) is 6.92 Å². The van der Waals surface area contributed by atoms with Gasteiger partial charge in [0, 0.05) is 5.56 Å². The number of quaternary nitrogens is 1. The van der Waals surface area contributed by atoms with Crippen molar-refractivity contribution in [2.45, 2.75) is 20.8 Å². The van der Waals surface area contributed by atoms with Crippen LogP contribution in [-0.4, -0.2) is 37.1 Å². The standard InChI is InChI=1S/C21H25N3OS/c1-4-23(5-2)14-15-24(20(25)17-11-7-6-8-12-17)21-22-19-16(3)10-9-13-18(19)26-21/h6-13H,4-5,14-15H2,1-3H3/p+1. The van der Waals surface area contributed by atoms with Crippen LogP contribution < -0.4 is 9.80 Å². The van der Waals surface area contributed by atoms with Crippen molar-refractivity contribution in [2.24, 2.45) is 0 Å². The Morgan fingerprint density at radius 2 is 1.81 bits per heavy atom. The number of fused-ring (bicyclic) bond motifs is 1. The summed E-state index contributed by atoms with van der Waals surface area (Å²) < 4.78 is 1.13. The van der Waals surface area contributed by atoms with Crippen LogP contribution in [0.25, 0.3) is 10.2 Å². The number of nitrogens with zero attached hydrogens (tertiary/aromatic N) is 2. The number of aromatic nitrogens is 1. The van der Waals surface area contributed by atoms with Crippen LogP contribution in [0.5, 0.6) is 0 Å². The molecule has 2 aromatic carbocycles. The summed E-state index contributed by atoms with van der Waals surface area (Å²) in [6, 6.07) is 15.7. The maximum absolute atomic E-state index is 13.2. The van der Waals surface area contributed by atoms with E-state index in [1.165, 1.54) is 4.90 Å². The average Bonchev–Trinajstić information content (AvgIpc) is 3.11. The lowest BCUT2D eigenvalue weighted by Crippen LogP contribution is -3.12. The first-order valence-electron chi connectivity index (χ1n) is 9.20. The molecule has 0 spiro atoms. The third-order valence-corrected chi connectivity index (χ3v) is 5.84. The van der Waals surface area contributed by atoms with E-state index in [0.717, 1.165) is 40.5 Å². The first-order valence-corrected chi connectivity index (χ1v) is 10.0. The number of aryl methyl sites for hydroxylation is 1. The molecule has 5 heteroatoms. The Kier molecular flexibility index (Phi) is 6.01. The Morgan fingerprint density at radius 3 is 2.46 bits per heavy atom. The predicted molar refractivity (Wildman–Crippen MR) is 109 cm³/mol. The molecule has 3 aromatic rings. The fourth-order valence-corrected chi connectivity index (χ4v) is 4.15. The van der Waals surface area contributed by atoms with E-state index < -0.39 is 0 Å². The Balaban J connectivity index is 1.95. The summed E-state index contributed by atoms with van der Waals surface area (Å²) in [7, 11) is 0. The van der Waals surface area contributed by atoms with Crippen molar-refractivity contribution < 1.29 is 9.69 Å². The number of amides is 1. The number of thiazole rings is 1. The molecule has 0 atom stereocenters. The van der Waals surface area contributed by atoms with Crippen molar-refractivity contribution in [3.63, 3.8) is 0 Å². The highest BCUT2D eigenvalue weighted by atomic mass is 32.1. The average molecular weight is 369 g/mol. The lowest BCUT2D eigenvalue weighted by atomic mass is 10.2. The molecule has 1 aromatic heterocycles. The summed E-state index contributed by atoms with van der Waals surface area (Å²) in [6.45, 7) is 10.1. The van der Waals surface area contributed by atoms with E-state index in [9.17, 15) is 4.79 Å². The smallest absolute Gasteiger partial charge is 0.260 e. The molecule has 0 aliphatic heterocycles. The predicted octanol–water partition coefficient (Wildman–Crippen LogP) is 3.18. The van der Waals surface area contributed by atoms with Crippen LogP contribution in [0.1, 0.15) is 29.8 Å². The summed E-state index contributed by atoms with van der Waals surface area (Å²) >= 11 is 1.59. The zero-order valence-corrected chi connectivity index (χ0v) is 16.5. The van der Waals surface area contributed by atoms with Gasteiger partial charge in [-0.15, -0.1) is 0 Å². The topological polar surface area (TPSA) is 37.6 Å². The third kappa shape index (κ3) is 3.94. The molecular formula is C21H26N3OS+. The number of likely N-dealkylation sites (N-methyl/N-ethyl adjacent to an activating group) is 1. The maximum atomic E-state index is 13.2. The number of benzene rings is 2. The van der Waals surface area contributed by atoms with Gasteiger partial charge in [0.25, 0.3) is 5.91 Å². The minimum Gasteiger partial charge on any atom is -0.334 e. The second-order valence-electron chi connectivity index (χ2n) is 6.45. The second kappa shape index (κ2) is 8.43. The van der Waals surface area contributed by atoms with Gasteiger partial charge in [-0.3, -0.25) is 9.69 Å². The molecule has 0 saturated heterocycles. The van der Waals surface area contributed by atoms with Gasteiger partial charge in [-0.1, -0.05) is 41.7 Å². The van der Waals surface area contributed by atoms with Gasteiger partial charge in [0.05, 0.1) is 36.4 Å². The number of rotatable bonds is 7. The number of carbonyl (C=O) groups excluding carboxylic acids is 1. The van der Waals surface area contributed by atoms with Crippen molar-refractivity contribution >= 4 is 32.6 Å². The summed E-state index contributed by atoms with van der Waals surface area (Å²) in [4.78, 5) is 21.3. The van der Waals surface area contributed by atoms with Gasteiger partial charge in [0.2, 0.25) is 0 Å². The van der Waals surface area contributed by atoms with Gasteiger partial charge >= 0.3 is 0 Å². The Bertz CT molecular complexity index is 871. The molecule has 26 heavy (non-hydrogen) atoms. The molecular weight excluding hydrogens is 342 g/mol. The highest BCUT2D eigenvalue weighted by Crippen LogP contribution is 2.31. The van der Waals surface area contributed by atoms with Crippen LogP contribution >= 0.6 is 11.3 Å². The largest absolute Gasteiger partial charge is 0.334 e. The lowest BCUT2D eigenvalue weighted by molar-refractivity contribution is -0.894. The van der Waals surface area contributed by atoms with Gasteiger partial charge in [0.15, 0.2) is 5.13 Å². The van der Waals surface area contributed by atoms with Gasteiger partial charge in [0.1, 0.15) is 0 Å².